The van der Waals surface area contributed by atoms with Crippen molar-refractivity contribution in [1.82, 2.24) is 4.90 Å². The first-order chi connectivity index (χ1) is 9.57. The third-order valence-corrected chi connectivity index (χ3v) is 5.72. The Bertz CT molecular complexity index is 493. The smallest absolute Gasteiger partial charge is 0.0700 e. The van der Waals surface area contributed by atoms with Crippen LogP contribution in [0.25, 0.3) is 0 Å². The summed E-state index contributed by atoms with van der Waals surface area (Å²) in [6, 6.07) is 6.03. The lowest BCUT2D eigenvalue weighted by Gasteiger charge is -2.47. The number of likely N-dealkylation sites (tertiary alicyclic amines) is 1. The molecule has 110 valence electrons. The van der Waals surface area contributed by atoms with E-state index in [9.17, 15) is 5.11 Å². The molecular formula is C16H23BrN2O. The summed E-state index contributed by atoms with van der Waals surface area (Å²) in [4.78, 5) is 2.47. The molecule has 0 aromatic heterocycles. The van der Waals surface area contributed by atoms with Crippen molar-refractivity contribution in [3.8, 4) is 0 Å². The molecule has 1 saturated carbocycles. The number of hydrogen-bond acceptors (Lipinski definition) is 3. The number of hydrogen-bond donors (Lipinski definition) is 2. The third kappa shape index (κ3) is 2.87. The van der Waals surface area contributed by atoms with Crippen LogP contribution in [0.15, 0.2) is 22.7 Å². The molecule has 20 heavy (non-hydrogen) atoms. The van der Waals surface area contributed by atoms with Crippen LogP contribution in [-0.4, -0.2) is 28.7 Å². The van der Waals surface area contributed by atoms with Crippen LogP contribution in [0.3, 0.4) is 0 Å². The molecule has 1 saturated heterocycles. The van der Waals surface area contributed by atoms with Crippen molar-refractivity contribution < 1.29 is 5.11 Å². The molecule has 2 fully saturated rings. The molecule has 1 aromatic rings. The Morgan fingerprint density at radius 1 is 1.35 bits per heavy atom. The molecule has 3 rings (SSSR count). The van der Waals surface area contributed by atoms with Crippen LogP contribution >= 0.6 is 15.9 Å². The van der Waals surface area contributed by atoms with Crippen molar-refractivity contribution >= 4 is 21.6 Å². The van der Waals surface area contributed by atoms with Gasteiger partial charge in [-0.05, 0) is 37.0 Å². The molecule has 3 nitrogen and oxygen atoms in total. The summed E-state index contributed by atoms with van der Waals surface area (Å²) in [5.41, 5.74) is 7.48. The summed E-state index contributed by atoms with van der Waals surface area (Å²) in [5, 5.41) is 10.7. The zero-order valence-electron chi connectivity index (χ0n) is 11.8. The lowest BCUT2D eigenvalue weighted by Crippen LogP contribution is -2.52. The fourth-order valence-electron chi connectivity index (χ4n) is 3.72. The summed E-state index contributed by atoms with van der Waals surface area (Å²) in [6.07, 6.45) is 5.56. The van der Waals surface area contributed by atoms with Gasteiger partial charge in [0.15, 0.2) is 0 Å². The Morgan fingerprint density at radius 2 is 2.20 bits per heavy atom. The Hall–Kier alpha value is -0.580. The highest BCUT2D eigenvalue weighted by atomic mass is 79.9. The molecule has 2 unspecified atom stereocenters. The predicted octanol–water partition coefficient (Wildman–Crippen LogP) is 3.16. The van der Waals surface area contributed by atoms with E-state index in [1.165, 1.54) is 24.8 Å². The van der Waals surface area contributed by atoms with E-state index in [4.69, 9.17) is 5.73 Å². The minimum absolute atomic E-state index is 0.382. The largest absolute Gasteiger partial charge is 0.399 e. The van der Waals surface area contributed by atoms with Gasteiger partial charge in [-0.25, -0.2) is 0 Å². The molecule has 4 heteroatoms. The van der Waals surface area contributed by atoms with Gasteiger partial charge in [0.2, 0.25) is 0 Å². The summed E-state index contributed by atoms with van der Waals surface area (Å²) in [7, 11) is 0. The molecule has 1 aliphatic heterocycles. The number of halogens is 1. The molecule has 0 bridgehead atoms. The Morgan fingerprint density at radius 3 is 3.00 bits per heavy atom. The van der Waals surface area contributed by atoms with E-state index in [2.05, 4.69) is 26.9 Å². The second-order valence-corrected chi connectivity index (χ2v) is 7.24. The van der Waals surface area contributed by atoms with Crippen LogP contribution in [0.1, 0.15) is 37.7 Å². The number of nitrogens with two attached hydrogens (primary N) is 1. The Labute approximate surface area is 129 Å². The lowest BCUT2D eigenvalue weighted by molar-refractivity contribution is -0.0968. The highest BCUT2D eigenvalue weighted by molar-refractivity contribution is 9.10. The molecule has 1 aromatic carbocycles. The number of nitrogens with zero attached hydrogens (tertiary/aromatic N) is 1. The minimum Gasteiger partial charge on any atom is -0.399 e. The average molecular weight is 339 g/mol. The number of nitrogen functional groups attached to an aromatic ring is 1. The summed E-state index contributed by atoms with van der Waals surface area (Å²) in [5.74, 6) is 0.456. The zero-order chi connectivity index (χ0) is 14.2. The highest BCUT2D eigenvalue weighted by Crippen LogP contribution is 2.40. The highest BCUT2D eigenvalue weighted by Gasteiger charge is 2.42. The van der Waals surface area contributed by atoms with Crippen LogP contribution in [0, 0.1) is 5.92 Å². The van der Waals surface area contributed by atoms with Gasteiger partial charge in [0.1, 0.15) is 0 Å². The Balaban J connectivity index is 1.67. The number of piperidine rings is 1. The van der Waals surface area contributed by atoms with Gasteiger partial charge in [-0.1, -0.05) is 34.8 Å². The van der Waals surface area contributed by atoms with Gasteiger partial charge >= 0.3 is 0 Å². The van der Waals surface area contributed by atoms with E-state index >= 15 is 0 Å². The second-order valence-electron chi connectivity index (χ2n) is 6.38. The van der Waals surface area contributed by atoms with Crippen molar-refractivity contribution in [3.05, 3.63) is 28.2 Å². The van der Waals surface area contributed by atoms with Gasteiger partial charge in [0, 0.05) is 35.7 Å². The number of benzene rings is 1. The SMILES string of the molecule is Nc1ccc(CN2CCC3(O)CCCCC3C2)c(Br)c1. The fourth-order valence-corrected chi connectivity index (χ4v) is 4.24. The summed E-state index contributed by atoms with van der Waals surface area (Å²) < 4.78 is 1.09. The third-order valence-electron chi connectivity index (χ3n) is 4.98. The summed E-state index contributed by atoms with van der Waals surface area (Å²) in [6.45, 7) is 2.95. The lowest BCUT2D eigenvalue weighted by atomic mass is 9.71. The van der Waals surface area contributed by atoms with E-state index in [0.29, 0.717) is 5.92 Å². The first-order valence-electron chi connectivity index (χ1n) is 7.55. The fraction of sp³-hybridized carbons (Fsp3) is 0.625. The maximum atomic E-state index is 10.7. The number of aliphatic hydroxyl groups is 1. The molecule has 2 atom stereocenters. The molecule has 3 N–H and O–H groups in total. The van der Waals surface area contributed by atoms with E-state index in [1.54, 1.807) is 0 Å². The number of rotatable bonds is 2. The van der Waals surface area contributed by atoms with Gasteiger partial charge in [-0.15, -0.1) is 0 Å². The van der Waals surface area contributed by atoms with Gasteiger partial charge in [-0.2, -0.15) is 0 Å². The topological polar surface area (TPSA) is 49.5 Å². The van der Waals surface area contributed by atoms with Gasteiger partial charge < -0.3 is 10.8 Å². The molecule has 0 spiro atoms. The van der Waals surface area contributed by atoms with Crippen LogP contribution in [0.5, 0.6) is 0 Å². The molecular weight excluding hydrogens is 316 g/mol. The quantitative estimate of drug-likeness (QED) is 0.814. The average Bonchev–Trinajstić information content (AvgIpc) is 2.42. The predicted molar refractivity (Wildman–Crippen MR) is 85.4 cm³/mol. The molecule has 1 aliphatic carbocycles. The van der Waals surface area contributed by atoms with Crippen LogP contribution in [0.4, 0.5) is 5.69 Å². The zero-order valence-corrected chi connectivity index (χ0v) is 13.4. The minimum atomic E-state index is -0.382. The monoisotopic (exact) mass is 338 g/mol. The summed E-state index contributed by atoms with van der Waals surface area (Å²) >= 11 is 3.60. The van der Waals surface area contributed by atoms with E-state index < -0.39 is 0 Å². The first kappa shape index (κ1) is 14.4. The number of anilines is 1. The normalized spacial score (nSPS) is 31.0. The molecule has 2 aliphatic rings. The van der Waals surface area contributed by atoms with E-state index in [-0.39, 0.29) is 5.60 Å². The standard InChI is InChI=1S/C16H23BrN2O/c17-15-9-14(18)5-4-12(15)10-19-8-7-16(20)6-2-1-3-13(16)11-19/h4-5,9,13,20H,1-3,6-8,10-11,18H2. The van der Waals surface area contributed by atoms with Crippen molar-refractivity contribution in [3.63, 3.8) is 0 Å². The maximum absolute atomic E-state index is 10.7. The van der Waals surface area contributed by atoms with Crippen molar-refractivity contribution in [1.29, 1.82) is 0 Å². The van der Waals surface area contributed by atoms with Crippen LogP contribution in [0.2, 0.25) is 0 Å². The second kappa shape index (κ2) is 5.66. The van der Waals surface area contributed by atoms with Gasteiger partial charge in [-0.3, -0.25) is 4.90 Å². The van der Waals surface area contributed by atoms with Crippen molar-refractivity contribution in [2.75, 3.05) is 18.8 Å². The Kier molecular flexibility index (Phi) is 4.07. The van der Waals surface area contributed by atoms with E-state index in [1.807, 2.05) is 12.1 Å². The van der Waals surface area contributed by atoms with Crippen LogP contribution < -0.4 is 5.73 Å². The van der Waals surface area contributed by atoms with Crippen molar-refractivity contribution in [2.24, 2.45) is 5.92 Å². The molecule has 0 amide bonds. The van der Waals surface area contributed by atoms with Crippen molar-refractivity contribution in [2.45, 2.75) is 44.2 Å². The molecule has 0 radical (unpaired) electrons. The van der Waals surface area contributed by atoms with Crippen LogP contribution in [-0.2, 0) is 6.54 Å². The number of fused-ring (bicyclic) bond motifs is 1. The van der Waals surface area contributed by atoms with Gasteiger partial charge in [0.25, 0.3) is 0 Å². The maximum Gasteiger partial charge on any atom is 0.0700 e. The van der Waals surface area contributed by atoms with E-state index in [0.717, 1.165) is 42.6 Å². The first-order valence-corrected chi connectivity index (χ1v) is 8.35. The molecule has 1 heterocycles. The van der Waals surface area contributed by atoms with Gasteiger partial charge in [0.05, 0.1) is 5.60 Å².